The number of unbranched alkanes of at least 4 members (excludes halogenated alkanes) is 3. The van der Waals surface area contributed by atoms with Crippen molar-refractivity contribution in [1.82, 2.24) is 4.98 Å². The lowest BCUT2D eigenvalue weighted by atomic mass is 10.0. The standard InChI is InChI=1S/C32H26F3N/c1-2-3-4-5-6-21-8-14-26-27-15-9-22(18-32(27)36-31(26)17-21)7-10-23-11-12-24(19-29(23)34)25-13-16-28(33)30(35)20-25/h8-9,11-20,36H,2-6H2,1H3. The molecule has 0 amide bonds. The number of rotatable bonds is 6. The van der Waals surface area contributed by atoms with Gasteiger partial charge in [0.15, 0.2) is 11.6 Å². The molecule has 1 N–H and O–H groups in total. The zero-order valence-corrected chi connectivity index (χ0v) is 20.1. The van der Waals surface area contributed by atoms with Crippen LogP contribution in [0.4, 0.5) is 13.2 Å². The second kappa shape index (κ2) is 10.3. The number of hydrogen-bond acceptors (Lipinski definition) is 0. The Bertz CT molecular complexity index is 1620. The highest BCUT2D eigenvalue weighted by atomic mass is 19.2. The molecule has 0 unspecified atom stereocenters. The number of hydrogen-bond donors (Lipinski definition) is 1. The molecule has 0 fully saturated rings. The number of halogens is 3. The number of H-pyrrole nitrogens is 1. The first-order chi connectivity index (χ1) is 17.5. The first kappa shape index (κ1) is 23.8. The lowest BCUT2D eigenvalue weighted by Crippen LogP contribution is -1.89. The van der Waals surface area contributed by atoms with Gasteiger partial charge in [-0.25, -0.2) is 13.2 Å². The third-order valence-corrected chi connectivity index (χ3v) is 6.55. The fourth-order valence-corrected chi connectivity index (χ4v) is 4.56. The van der Waals surface area contributed by atoms with Crippen LogP contribution in [-0.2, 0) is 6.42 Å². The van der Waals surface area contributed by atoms with E-state index >= 15 is 0 Å². The Labute approximate surface area is 209 Å². The normalized spacial score (nSPS) is 11.1. The predicted molar refractivity (Wildman–Crippen MR) is 141 cm³/mol. The van der Waals surface area contributed by atoms with Gasteiger partial charge in [0.25, 0.3) is 0 Å². The molecule has 0 spiro atoms. The molecular weight excluding hydrogens is 455 g/mol. The lowest BCUT2D eigenvalue weighted by molar-refractivity contribution is 0.509. The number of nitrogens with one attached hydrogen (secondary N) is 1. The van der Waals surface area contributed by atoms with Crippen LogP contribution >= 0.6 is 0 Å². The lowest BCUT2D eigenvalue weighted by Gasteiger charge is -2.04. The van der Waals surface area contributed by atoms with E-state index in [0.717, 1.165) is 40.5 Å². The molecule has 0 aliphatic rings. The van der Waals surface area contributed by atoms with Gasteiger partial charge in [-0.05, 0) is 72.0 Å². The summed E-state index contributed by atoms with van der Waals surface area (Å²) < 4.78 is 41.4. The van der Waals surface area contributed by atoms with Gasteiger partial charge >= 0.3 is 0 Å². The SMILES string of the molecule is CCCCCCc1ccc2c(c1)[nH]c1cc(C#Cc3ccc(-c4ccc(F)c(F)c4)cc3F)ccc12. The summed E-state index contributed by atoms with van der Waals surface area (Å²) >= 11 is 0. The third-order valence-electron chi connectivity index (χ3n) is 6.55. The molecule has 0 radical (unpaired) electrons. The van der Waals surface area contributed by atoms with E-state index in [1.54, 1.807) is 12.1 Å². The second-order valence-electron chi connectivity index (χ2n) is 9.15. The van der Waals surface area contributed by atoms with Crippen molar-refractivity contribution in [2.45, 2.75) is 39.0 Å². The predicted octanol–water partition coefficient (Wildman–Crippen LogP) is 8.93. The van der Waals surface area contributed by atoms with Gasteiger partial charge in [-0.3, -0.25) is 0 Å². The summed E-state index contributed by atoms with van der Waals surface area (Å²) in [5, 5.41) is 2.32. The fourth-order valence-electron chi connectivity index (χ4n) is 4.56. The molecule has 0 aliphatic carbocycles. The Morgan fingerprint density at radius 2 is 1.36 bits per heavy atom. The molecule has 5 aromatic rings. The second-order valence-corrected chi connectivity index (χ2v) is 9.15. The van der Waals surface area contributed by atoms with Crippen molar-refractivity contribution in [3.8, 4) is 23.0 Å². The van der Waals surface area contributed by atoms with Crippen LogP contribution in [0, 0.1) is 29.3 Å². The van der Waals surface area contributed by atoms with Crippen LogP contribution in [-0.4, -0.2) is 4.98 Å². The summed E-state index contributed by atoms with van der Waals surface area (Å²) in [7, 11) is 0. The van der Waals surface area contributed by atoms with Crippen LogP contribution in [0.2, 0.25) is 0 Å². The molecule has 0 bridgehead atoms. The number of fused-ring (bicyclic) bond motifs is 3. The van der Waals surface area contributed by atoms with Crippen LogP contribution in [0.1, 0.15) is 49.3 Å². The molecule has 1 nitrogen and oxygen atoms in total. The van der Waals surface area contributed by atoms with Crippen LogP contribution in [0.15, 0.2) is 72.8 Å². The molecular formula is C32H26F3N. The topological polar surface area (TPSA) is 15.8 Å². The van der Waals surface area contributed by atoms with Gasteiger partial charge in [0.05, 0.1) is 5.56 Å². The molecule has 1 aromatic heterocycles. The van der Waals surface area contributed by atoms with Gasteiger partial charge in [-0.2, -0.15) is 0 Å². The van der Waals surface area contributed by atoms with E-state index in [1.165, 1.54) is 48.8 Å². The van der Waals surface area contributed by atoms with Crippen molar-refractivity contribution >= 4 is 21.8 Å². The van der Waals surface area contributed by atoms with E-state index in [9.17, 15) is 13.2 Å². The van der Waals surface area contributed by atoms with E-state index in [1.807, 2.05) is 18.2 Å². The molecule has 36 heavy (non-hydrogen) atoms. The Balaban J connectivity index is 1.38. The minimum Gasteiger partial charge on any atom is -0.354 e. The molecule has 1 heterocycles. The Morgan fingerprint density at radius 1 is 0.639 bits per heavy atom. The van der Waals surface area contributed by atoms with Crippen LogP contribution < -0.4 is 0 Å². The molecule has 5 rings (SSSR count). The largest absolute Gasteiger partial charge is 0.354 e. The molecule has 0 saturated heterocycles. The number of aromatic nitrogens is 1. The molecule has 0 atom stereocenters. The van der Waals surface area contributed by atoms with E-state index in [4.69, 9.17) is 0 Å². The summed E-state index contributed by atoms with van der Waals surface area (Å²) in [5.74, 6) is 3.53. The molecule has 4 heteroatoms. The Morgan fingerprint density at radius 3 is 2.11 bits per heavy atom. The van der Waals surface area contributed by atoms with Gasteiger partial charge in [-0.15, -0.1) is 0 Å². The monoisotopic (exact) mass is 481 g/mol. The van der Waals surface area contributed by atoms with Gasteiger partial charge < -0.3 is 4.98 Å². The van der Waals surface area contributed by atoms with Crippen molar-refractivity contribution in [2.24, 2.45) is 0 Å². The maximum absolute atomic E-state index is 14.7. The summed E-state index contributed by atoms with van der Waals surface area (Å²) in [4.78, 5) is 3.50. The minimum atomic E-state index is -0.965. The van der Waals surface area contributed by atoms with Crippen molar-refractivity contribution < 1.29 is 13.2 Å². The number of aromatic amines is 1. The summed E-state index contributed by atoms with van der Waals surface area (Å²) in [5.41, 5.74) is 5.33. The van der Waals surface area contributed by atoms with Gasteiger partial charge in [0.2, 0.25) is 0 Å². The van der Waals surface area contributed by atoms with Gasteiger partial charge in [0, 0.05) is 27.4 Å². The molecule has 180 valence electrons. The van der Waals surface area contributed by atoms with Crippen LogP contribution in [0.25, 0.3) is 32.9 Å². The zero-order chi connectivity index (χ0) is 25.1. The van der Waals surface area contributed by atoms with Gasteiger partial charge in [-0.1, -0.05) is 68.4 Å². The molecule has 0 aliphatic heterocycles. The maximum atomic E-state index is 14.7. The molecule has 4 aromatic carbocycles. The highest BCUT2D eigenvalue weighted by molar-refractivity contribution is 6.07. The number of benzene rings is 4. The average Bonchev–Trinajstić information content (AvgIpc) is 3.24. The van der Waals surface area contributed by atoms with Crippen molar-refractivity contribution in [2.75, 3.05) is 0 Å². The van der Waals surface area contributed by atoms with E-state index in [-0.39, 0.29) is 5.56 Å². The van der Waals surface area contributed by atoms with Crippen molar-refractivity contribution in [3.63, 3.8) is 0 Å². The summed E-state index contributed by atoms with van der Waals surface area (Å²) in [6.07, 6.45) is 6.07. The highest BCUT2D eigenvalue weighted by Gasteiger charge is 2.08. The third kappa shape index (κ3) is 5.02. The quantitative estimate of drug-likeness (QED) is 0.184. The average molecular weight is 482 g/mol. The van der Waals surface area contributed by atoms with Crippen LogP contribution in [0.5, 0.6) is 0 Å². The summed E-state index contributed by atoms with van der Waals surface area (Å²) in [6, 6.07) is 20.6. The maximum Gasteiger partial charge on any atom is 0.159 e. The Hall–Kier alpha value is -3.97. The first-order valence-corrected chi connectivity index (χ1v) is 12.3. The molecule has 0 saturated carbocycles. The minimum absolute atomic E-state index is 0.241. The fraction of sp³-hybridized carbons (Fsp3) is 0.188. The number of aryl methyl sites for hydroxylation is 1. The zero-order valence-electron chi connectivity index (χ0n) is 20.1. The Kier molecular flexibility index (Phi) is 6.82. The van der Waals surface area contributed by atoms with E-state index in [2.05, 4.69) is 41.9 Å². The van der Waals surface area contributed by atoms with E-state index < -0.39 is 17.5 Å². The smallest absolute Gasteiger partial charge is 0.159 e. The highest BCUT2D eigenvalue weighted by Crippen LogP contribution is 2.28. The first-order valence-electron chi connectivity index (χ1n) is 12.3. The van der Waals surface area contributed by atoms with Crippen molar-refractivity contribution in [1.29, 1.82) is 0 Å². The van der Waals surface area contributed by atoms with Crippen LogP contribution in [0.3, 0.4) is 0 Å². The van der Waals surface area contributed by atoms with Crippen molar-refractivity contribution in [3.05, 3.63) is 107 Å². The summed E-state index contributed by atoms with van der Waals surface area (Å²) in [6.45, 7) is 2.22. The van der Waals surface area contributed by atoms with Gasteiger partial charge in [0.1, 0.15) is 5.82 Å². The van der Waals surface area contributed by atoms with E-state index in [0.29, 0.717) is 11.1 Å².